The zero-order chi connectivity index (χ0) is 14.1. The molecule has 0 saturated heterocycles. The average Bonchev–Trinajstić information content (AvgIpc) is 2.48. The van der Waals surface area contributed by atoms with Crippen molar-refractivity contribution in [3.63, 3.8) is 0 Å². The molecule has 1 aromatic rings. The van der Waals surface area contributed by atoms with Crippen molar-refractivity contribution >= 4 is 11.6 Å². The predicted octanol–water partition coefficient (Wildman–Crippen LogP) is 4.37. The SMILES string of the molecule is CC.CO.Cl/C=C/CCCOCc1ccccc1. The van der Waals surface area contributed by atoms with Crippen molar-refractivity contribution < 1.29 is 9.84 Å². The van der Waals surface area contributed by atoms with Crippen molar-refractivity contribution in [2.75, 3.05) is 13.7 Å². The third-order valence-electron chi connectivity index (χ3n) is 1.86. The monoisotopic (exact) mass is 272 g/mol. The van der Waals surface area contributed by atoms with Gasteiger partial charge < -0.3 is 9.84 Å². The molecular formula is C15H25ClO2. The van der Waals surface area contributed by atoms with Crippen LogP contribution in [0, 0.1) is 0 Å². The van der Waals surface area contributed by atoms with Crippen LogP contribution in [-0.4, -0.2) is 18.8 Å². The number of aliphatic hydroxyl groups excluding tert-OH is 1. The van der Waals surface area contributed by atoms with Gasteiger partial charge in [0.25, 0.3) is 0 Å². The standard InChI is InChI=1S/C12H15ClO.C2H6.CH4O/c13-9-5-2-6-10-14-11-12-7-3-1-4-8-12;2*1-2/h1,3-5,7-9H,2,6,10-11H2;1-2H3;2H,1H3/b9-5+;;. The highest BCUT2D eigenvalue weighted by Gasteiger charge is 1.90. The molecule has 0 fully saturated rings. The zero-order valence-corrected chi connectivity index (χ0v) is 12.4. The lowest BCUT2D eigenvalue weighted by Gasteiger charge is -2.02. The Hall–Kier alpha value is -0.830. The minimum absolute atomic E-state index is 0.700. The van der Waals surface area contributed by atoms with Crippen molar-refractivity contribution in [2.24, 2.45) is 0 Å². The van der Waals surface area contributed by atoms with Gasteiger partial charge in [-0.1, -0.05) is 61.9 Å². The fourth-order valence-electron chi connectivity index (χ4n) is 1.13. The molecule has 1 aromatic carbocycles. The zero-order valence-electron chi connectivity index (χ0n) is 11.6. The van der Waals surface area contributed by atoms with Gasteiger partial charge in [0, 0.05) is 19.3 Å². The summed E-state index contributed by atoms with van der Waals surface area (Å²) in [5.74, 6) is 0. The molecule has 1 rings (SSSR count). The summed E-state index contributed by atoms with van der Waals surface area (Å²) in [4.78, 5) is 0. The summed E-state index contributed by atoms with van der Waals surface area (Å²) in [6.07, 6.45) is 3.95. The number of hydrogen-bond donors (Lipinski definition) is 1. The Kier molecular flexibility index (Phi) is 20.1. The maximum Gasteiger partial charge on any atom is 0.0716 e. The summed E-state index contributed by atoms with van der Waals surface area (Å²) in [6.45, 7) is 5.49. The van der Waals surface area contributed by atoms with Crippen LogP contribution in [0.3, 0.4) is 0 Å². The lowest BCUT2D eigenvalue weighted by Crippen LogP contribution is -1.94. The molecule has 104 valence electrons. The van der Waals surface area contributed by atoms with Crippen LogP contribution in [-0.2, 0) is 11.3 Å². The van der Waals surface area contributed by atoms with E-state index in [1.54, 1.807) is 5.54 Å². The third kappa shape index (κ3) is 13.2. The molecule has 0 aromatic heterocycles. The normalized spacial score (nSPS) is 9.17. The van der Waals surface area contributed by atoms with Gasteiger partial charge in [0.2, 0.25) is 0 Å². The van der Waals surface area contributed by atoms with Crippen molar-refractivity contribution in [2.45, 2.75) is 33.3 Å². The predicted molar refractivity (Wildman–Crippen MR) is 79.8 cm³/mol. The minimum atomic E-state index is 0.700. The minimum Gasteiger partial charge on any atom is -0.400 e. The number of allylic oxidation sites excluding steroid dienone is 1. The van der Waals surface area contributed by atoms with Gasteiger partial charge in [-0.25, -0.2) is 0 Å². The lowest BCUT2D eigenvalue weighted by atomic mass is 10.2. The van der Waals surface area contributed by atoms with Crippen LogP contribution in [0.25, 0.3) is 0 Å². The lowest BCUT2D eigenvalue weighted by molar-refractivity contribution is 0.119. The van der Waals surface area contributed by atoms with E-state index in [1.165, 1.54) is 5.56 Å². The molecule has 0 unspecified atom stereocenters. The number of halogens is 1. The number of benzene rings is 1. The van der Waals surface area contributed by atoms with E-state index in [4.69, 9.17) is 21.4 Å². The quantitative estimate of drug-likeness (QED) is 0.779. The van der Waals surface area contributed by atoms with Crippen LogP contribution in [0.1, 0.15) is 32.3 Å². The number of hydrogen-bond acceptors (Lipinski definition) is 2. The number of unbranched alkanes of at least 4 members (excludes halogenated alkanes) is 1. The molecule has 0 heterocycles. The van der Waals surface area contributed by atoms with Gasteiger partial charge in [-0.05, 0) is 18.4 Å². The van der Waals surface area contributed by atoms with E-state index >= 15 is 0 Å². The Balaban J connectivity index is 0. The molecule has 18 heavy (non-hydrogen) atoms. The summed E-state index contributed by atoms with van der Waals surface area (Å²) in [6, 6.07) is 10.2. The van der Waals surface area contributed by atoms with E-state index in [9.17, 15) is 0 Å². The summed E-state index contributed by atoms with van der Waals surface area (Å²) in [7, 11) is 1.00. The van der Waals surface area contributed by atoms with Crippen LogP contribution < -0.4 is 0 Å². The van der Waals surface area contributed by atoms with E-state index in [0.717, 1.165) is 26.6 Å². The van der Waals surface area contributed by atoms with Gasteiger partial charge in [-0.15, -0.1) is 0 Å². The molecule has 2 nitrogen and oxygen atoms in total. The van der Waals surface area contributed by atoms with Gasteiger partial charge in [0.05, 0.1) is 6.61 Å². The van der Waals surface area contributed by atoms with E-state index < -0.39 is 0 Å². The van der Waals surface area contributed by atoms with Crippen LogP contribution in [0.5, 0.6) is 0 Å². The molecule has 0 aliphatic rings. The third-order valence-corrected chi connectivity index (χ3v) is 2.04. The topological polar surface area (TPSA) is 29.5 Å². The fraction of sp³-hybridized carbons (Fsp3) is 0.467. The molecule has 3 heteroatoms. The molecule has 0 saturated carbocycles. The van der Waals surface area contributed by atoms with Crippen molar-refractivity contribution in [1.82, 2.24) is 0 Å². The number of rotatable bonds is 6. The molecule has 0 aliphatic heterocycles. The molecule has 0 radical (unpaired) electrons. The molecule has 0 spiro atoms. The van der Waals surface area contributed by atoms with Gasteiger partial charge in [0.15, 0.2) is 0 Å². The first kappa shape index (κ1) is 19.5. The summed E-state index contributed by atoms with van der Waals surface area (Å²) in [5, 5.41) is 7.00. The first-order valence-corrected chi connectivity index (χ1v) is 6.69. The van der Waals surface area contributed by atoms with Crippen molar-refractivity contribution in [3.05, 3.63) is 47.5 Å². The molecule has 0 amide bonds. The molecule has 0 aliphatic carbocycles. The Morgan fingerprint density at radius 1 is 1.17 bits per heavy atom. The van der Waals surface area contributed by atoms with Crippen molar-refractivity contribution in [3.8, 4) is 0 Å². The van der Waals surface area contributed by atoms with E-state index in [1.807, 2.05) is 38.1 Å². The van der Waals surface area contributed by atoms with Gasteiger partial charge in [-0.3, -0.25) is 0 Å². The highest BCUT2D eigenvalue weighted by atomic mass is 35.5. The molecule has 0 bridgehead atoms. The highest BCUT2D eigenvalue weighted by molar-refractivity contribution is 6.25. The van der Waals surface area contributed by atoms with Gasteiger partial charge >= 0.3 is 0 Å². The summed E-state index contributed by atoms with van der Waals surface area (Å²) < 4.78 is 5.49. The Morgan fingerprint density at radius 2 is 1.78 bits per heavy atom. The molecule has 1 N–H and O–H groups in total. The number of aliphatic hydroxyl groups is 1. The van der Waals surface area contributed by atoms with Crippen molar-refractivity contribution in [1.29, 1.82) is 0 Å². The second-order valence-electron chi connectivity index (χ2n) is 3.04. The highest BCUT2D eigenvalue weighted by Crippen LogP contribution is 2.01. The van der Waals surface area contributed by atoms with E-state index in [0.29, 0.717) is 6.61 Å². The van der Waals surface area contributed by atoms with Gasteiger partial charge in [-0.2, -0.15) is 0 Å². The second kappa shape index (κ2) is 18.5. The molecular weight excluding hydrogens is 248 g/mol. The molecule has 0 atom stereocenters. The first-order chi connectivity index (χ1) is 8.93. The van der Waals surface area contributed by atoms with Gasteiger partial charge in [0.1, 0.15) is 0 Å². The summed E-state index contributed by atoms with van der Waals surface area (Å²) >= 11 is 5.39. The Labute approximate surface area is 116 Å². The second-order valence-corrected chi connectivity index (χ2v) is 3.29. The largest absolute Gasteiger partial charge is 0.400 e. The van der Waals surface area contributed by atoms with Crippen LogP contribution in [0.15, 0.2) is 41.9 Å². The maximum atomic E-state index is 7.00. The van der Waals surface area contributed by atoms with Crippen LogP contribution >= 0.6 is 11.6 Å². The maximum absolute atomic E-state index is 7.00. The fourth-order valence-corrected chi connectivity index (χ4v) is 1.26. The van der Waals surface area contributed by atoms with Crippen LogP contribution in [0.4, 0.5) is 0 Å². The average molecular weight is 273 g/mol. The smallest absolute Gasteiger partial charge is 0.0716 e. The van der Waals surface area contributed by atoms with E-state index in [-0.39, 0.29) is 0 Å². The first-order valence-electron chi connectivity index (χ1n) is 6.25. The summed E-state index contributed by atoms with van der Waals surface area (Å²) in [5.41, 5.74) is 2.78. The number of ether oxygens (including phenoxy) is 1. The Bertz CT molecular complexity index is 260. The van der Waals surface area contributed by atoms with E-state index in [2.05, 4.69) is 12.1 Å². The van der Waals surface area contributed by atoms with Crippen LogP contribution in [0.2, 0.25) is 0 Å². The Morgan fingerprint density at radius 3 is 2.33 bits per heavy atom.